The molecule has 0 aliphatic heterocycles. The molecule has 0 atom stereocenters. The van der Waals surface area contributed by atoms with Crippen molar-refractivity contribution in [3.8, 4) is 44.8 Å². The molecule has 278 valence electrons. The van der Waals surface area contributed by atoms with Crippen LogP contribution >= 0.6 is 0 Å². The van der Waals surface area contributed by atoms with Crippen molar-refractivity contribution in [3.05, 3.63) is 191 Å². The Hall–Kier alpha value is -6.64. The molecule has 2 aromatic heterocycles. The maximum atomic E-state index is 2.50. The second-order valence-corrected chi connectivity index (χ2v) is 17.9. The summed E-state index contributed by atoms with van der Waals surface area (Å²) in [6.07, 6.45) is 0. The van der Waals surface area contributed by atoms with E-state index in [1.54, 1.807) is 0 Å². The minimum absolute atomic E-state index is 0.0645. The third kappa shape index (κ3) is 4.38. The van der Waals surface area contributed by atoms with Gasteiger partial charge in [-0.25, -0.2) is 0 Å². The molecule has 8 aromatic carbocycles. The highest BCUT2D eigenvalue weighted by atomic mass is 15.0. The van der Waals surface area contributed by atoms with Crippen molar-refractivity contribution in [2.45, 2.75) is 52.4 Å². The summed E-state index contributed by atoms with van der Waals surface area (Å²) >= 11 is 0. The van der Waals surface area contributed by atoms with E-state index in [1.807, 2.05) is 0 Å². The number of nitrogens with zero attached hydrogens (tertiary/aromatic N) is 2. The van der Waals surface area contributed by atoms with E-state index in [0.717, 1.165) is 0 Å². The summed E-state index contributed by atoms with van der Waals surface area (Å²) in [4.78, 5) is 0. The van der Waals surface area contributed by atoms with E-state index in [2.05, 4.69) is 208 Å². The molecule has 0 bridgehead atoms. The van der Waals surface area contributed by atoms with E-state index in [1.165, 1.54) is 122 Å². The standard InChI is InChI=1S/C56H44N2/c1-33-19-23-37(24-20-33)57-51-17-11-8-14-39(51)44-30-43-41-28-36(21-25-47(41)56(5,6)49(43)31-53(44)57)35-22-26-50(34(2)27-35)58-52-18-12-9-15-40(52)45-29-42-38-13-7-10-16-46(38)55(3,4)48(42)32-54(45)58/h7-32H,1-6H3. The van der Waals surface area contributed by atoms with Gasteiger partial charge in [-0.15, -0.1) is 0 Å². The summed E-state index contributed by atoms with van der Waals surface area (Å²) < 4.78 is 4.95. The van der Waals surface area contributed by atoms with Crippen LogP contribution in [0.2, 0.25) is 0 Å². The fraction of sp³-hybridized carbons (Fsp3) is 0.143. The van der Waals surface area contributed by atoms with Crippen molar-refractivity contribution in [3.63, 3.8) is 0 Å². The molecule has 2 nitrogen and oxygen atoms in total. The molecule has 2 aliphatic carbocycles. The molecule has 0 saturated heterocycles. The van der Waals surface area contributed by atoms with Crippen LogP contribution in [0.1, 0.15) is 61.1 Å². The van der Waals surface area contributed by atoms with Crippen LogP contribution in [0.25, 0.3) is 88.4 Å². The largest absolute Gasteiger partial charge is 0.309 e. The summed E-state index contributed by atoms with van der Waals surface area (Å²) in [5, 5.41) is 5.19. The van der Waals surface area contributed by atoms with E-state index in [4.69, 9.17) is 0 Å². The molecular weight excluding hydrogens is 701 g/mol. The van der Waals surface area contributed by atoms with E-state index >= 15 is 0 Å². The minimum Gasteiger partial charge on any atom is -0.309 e. The van der Waals surface area contributed by atoms with E-state index in [9.17, 15) is 0 Å². The van der Waals surface area contributed by atoms with Crippen molar-refractivity contribution in [1.82, 2.24) is 9.13 Å². The fourth-order valence-corrected chi connectivity index (χ4v) is 10.9. The zero-order valence-corrected chi connectivity index (χ0v) is 33.9. The Kier molecular flexibility index (Phi) is 6.63. The first-order chi connectivity index (χ1) is 28.1. The number of aromatic nitrogens is 2. The summed E-state index contributed by atoms with van der Waals surface area (Å²) in [6, 6.07) is 59.8. The molecule has 2 aliphatic rings. The first-order valence-electron chi connectivity index (χ1n) is 20.7. The molecule has 0 saturated carbocycles. The second-order valence-electron chi connectivity index (χ2n) is 17.9. The average molecular weight is 745 g/mol. The van der Waals surface area contributed by atoms with Crippen LogP contribution in [0, 0.1) is 13.8 Å². The highest BCUT2D eigenvalue weighted by Crippen LogP contribution is 2.53. The fourth-order valence-electron chi connectivity index (χ4n) is 10.9. The van der Waals surface area contributed by atoms with Gasteiger partial charge in [0.25, 0.3) is 0 Å². The molecule has 2 heterocycles. The maximum Gasteiger partial charge on any atom is 0.0544 e. The van der Waals surface area contributed by atoms with Gasteiger partial charge in [0, 0.05) is 43.7 Å². The van der Waals surface area contributed by atoms with Crippen LogP contribution in [0.4, 0.5) is 0 Å². The zero-order valence-electron chi connectivity index (χ0n) is 33.9. The van der Waals surface area contributed by atoms with Crippen molar-refractivity contribution >= 4 is 43.6 Å². The molecule has 10 aromatic rings. The molecule has 0 fully saturated rings. The second kappa shape index (κ2) is 11.5. The van der Waals surface area contributed by atoms with Gasteiger partial charge < -0.3 is 9.13 Å². The molecule has 58 heavy (non-hydrogen) atoms. The lowest BCUT2D eigenvalue weighted by Gasteiger charge is -2.22. The van der Waals surface area contributed by atoms with Crippen LogP contribution < -0.4 is 0 Å². The number of hydrogen-bond acceptors (Lipinski definition) is 0. The van der Waals surface area contributed by atoms with Crippen molar-refractivity contribution in [2.24, 2.45) is 0 Å². The van der Waals surface area contributed by atoms with Gasteiger partial charge in [0.15, 0.2) is 0 Å². The predicted octanol–water partition coefficient (Wildman–Crippen LogP) is 14.8. The molecule has 0 spiro atoms. The molecular formula is C56H44N2. The Bertz CT molecular complexity index is 3400. The Labute approximate surface area is 339 Å². The molecule has 2 heteroatoms. The van der Waals surface area contributed by atoms with Crippen LogP contribution in [0.15, 0.2) is 158 Å². The average Bonchev–Trinajstić information content (AvgIpc) is 3.88. The lowest BCUT2D eigenvalue weighted by molar-refractivity contribution is 0.661. The quantitative estimate of drug-likeness (QED) is 0.170. The first-order valence-corrected chi connectivity index (χ1v) is 20.7. The molecule has 0 amide bonds. The highest BCUT2D eigenvalue weighted by Gasteiger charge is 2.38. The number of rotatable bonds is 3. The molecule has 12 rings (SSSR count). The topological polar surface area (TPSA) is 9.86 Å². The normalized spacial score (nSPS) is 14.7. The summed E-state index contributed by atoms with van der Waals surface area (Å²) in [5.41, 5.74) is 23.3. The van der Waals surface area contributed by atoms with Gasteiger partial charge in [0.2, 0.25) is 0 Å². The van der Waals surface area contributed by atoms with E-state index in [-0.39, 0.29) is 10.8 Å². The van der Waals surface area contributed by atoms with Gasteiger partial charge in [-0.3, -0.25) is 0 Å². The highest BCUT2D eigenvalue weighted by molar-refractivity contribution is 6.13. The summed E-state index contributed by atoms with van der Waals surface area (Å²) in [7, 11) is 0. The molecule has 0 N–H and O–H groups in total. The van der Waals surface area contributed by atoms with Crippen LogP contribution in [-0.2, 0) is 10.8 Å². The van der Waals surface area contributed by atoms with Gasteiger partial charge in [0.1, 0.15) is 0 Å². The number of aryl methyl sites for hydroxylation is 2. The van der Waals surface area contributed by atoms with Crippen molar-refractivity contribution in [1.29, 1.82) is 0 Å². The Morgan fingerprint density at radius 3 is 1.55 bits per heavy atom. The summed E-state index contributed by atoms with van der Waals surface area (Å²) in [6.45, 7) is 14.0. The lowest BCUT2D eigenvalue weighted by Crippen LogP contribution is -2.15. The number of hydrogen-bond donors (Lipinski definition) is 0. The maximum absolute atomic E-state index is 2.50. The van der Waals surface area contributed by atoms with Crippen molar-refractivity contribution in [2.75, 3.05) is 0 Å². The summed E-state index contributed by atoms with van der Waals surface area (Å²) in [5.74, 6) is 0. The predicted molar refractivity (Wildman–Crippen MR) is 245 cm³/mol. The number of fused-ring (bicyclic) bond motifs is 12. The van der Waals surface area contributed by atoms with Gasteiger partial charge in [-0.05, 0) is 142 Å². The van der Waals surface area contributed by atoms with Gasteiger partial charge >= 0.3 is 0 Å². The third-order valence-electron chi connectivity index (χ3n) is 13.9. The Morgan fingerprint density at radius 1 is 0.362 bits per heavy atom. The Balaban J connectivity index is 0.998. The van der Waals surface area contributed by atoms with Crippen LogP contribution in [0.3, 0.4) is 0 Å². The molecule has 0 unspecified atom stereocenters. The van der Waals surface area contributed by atoms with Gasteiger partial charge in [-0.1, -0.05) is 124 Å². The van der Waals surface area contributed by atoms with E-state index in [0.29, 0.717) is 0 Å². The van der Waals surface area contributed by atoms with Gasteiger partial charge in [-0.2, -0.15) is 0 Å². The third-order valence-corrected chi connectivity index (χ3v) is 13.9. The lowest BCUT2D eigenvalue weighted by atomic mass is 9.82. The Morgan fingerprint density at radius 2 is 0.879 bits per heavy atom. The zero-order chi connectivity index (χ0) is 39.2. The number of benzene rings is 8. The first kappa shape index (κ1) is 33.5. The van der Waals surface area contributed by atoms with E-state index < -0.39 is 0 Å². The van der Waals surface area contributed by atoms with Gasteiger partial charge in [0.05, 0.1) is 22.1 Å². The molecule has 0 radical (unpaired) electrons. The smallest absolute Gasteiger partial charge is 0.0544 e. The number of para-hydroxylation sites is 2. The minimum atomic E-state index is -0.127. The van der Waals surface area contributed by atoms with Crippen LogP contribution in [0.5, 0.6) is 0 Å². The van der Waals surface area contributed by atoms with Crippen molar-refractivity contribution < 1.29 is 0 Å². The SMILES string of the molecule is Cc1ccc(-n2c3ccccc3c3cc4c(cc32)C(C)(C)c2ccc(-c3ccc(-n5c6ccccc6c6cc7c(cc65)C(C)(C)c5ccccc5-7)c(C)c3)cc2-4)cc1. The van der Waals surface area contributed by atoms with Crippen LogP contribution in [-0.4, -0.2) is 9.13 Å². The monoisotopic (exact) mass is 744 g/mol.